The molecule has 1 aliphatic rings. The van der Waals surface area contributed by atoms with Gasteiger partial charge in [0.05, 0.1) is 7.11 Å². The maximum atomic E-state index is 12.1. The van der Waals surface area contributed by atoms with Crippen LogP contribution >= 0.6 is 0 Å². The predicted octanol–water partition coefficient (Wildman–Crippen LogP) is 2.12. The van der Waals surface area contributed by atoms with Gasteiger partial charge in [0.25, 0.3) is 0 Å². The average molecular weight is 290 g/mol. The molecule has 1 fully saturated rings. The molecule has 0 saturated heterocycles. The lowest BCUT2D eigenvalue weighted by atomic mass is 9.81. The van der Waals surface area contributed by atoms with E-state index in [-0.39, 0.29) is 11.8 Å². The minimum atomic E-state index is 0.179. The van der Waals surface area contributed by atoms with Crippen LogP contribution in [0.5, 0.6) is 5.75 Å². The summed E-state index contributed by atoms with van der Waals surface area (Å²) in [5.41, 5.74) is 6.86. The number of benzene rings is 1. The van der Waals surface area contributed by atoms with Crippen LogP contribution in [-0.2, 0) is 11.2 Å². The largest absolute Gasteiger partial charge is 0.497 e. The molecular weight excluding hydrogens is 264 g/mol. The summed E-state index contributed by atoms with van der Waals surface area (Å²) in [4.78, 5) is 12.1. The monoisotopic (exact) mass is 290 g/mol. The van der Waals surface area contributed by atoms with Crippen molar-refractivity contribution in [3.63, 3.8) is 0 Å². The molecular formula is C17H26N2O2. The molecule has 0 bridgehead atoms. The zero-order chi connectivity index (χ0) is 15.1. The highest BCUT2D eigenvalue weighted by atomic mass is 16.5. The number of amides is 1. The first-order chi connectivity index (χ1) is 10.2. The second-order valence-corrected chi connectivity index (χ2v) is 5.85. The molecule has 1 saturated carbocycles. The van der Waals surface area contributed by atoms with E-state index in [0.29, 0.717) is 12.5 Å². The van der Waals surface area contributed by atoms with Crippen molar-refractivity contribution in [1.29, 1.82) is 0 Å². The first-order valence-electron chi connectivity index (χ1n) is 7.83. The summed E-state index contributed by atoms with van der Waals surface area (Å²) in [5, 5.41) is 3.06. The number of hydrogen-bond acceptors (Lipinski definition) is 3. The zero-order valence-electron chi connectivity index (χ0n) is 12.8. The third-order valence-electron chi connectivity index (χ3n) is 4.40. The Labute approximate surface area is 127 Å². The Morgan fingerprint density at radius 3 is 2.76 bits per heavy atom. The number of carbonyl (C=O) groups excluding carboxylic acids is 1. The maximum Gasteiger partial charge on any atom is 0.223 e. The van der Waals surface area contributed by atoms with E-state index in [1.54, 1.807) is 7.11 Å². The number of nitrogens with one attached hydrogen (secondary N) is 1. The molecule has 1 aromatic rings. The van der Waals surface area contributed by atoms with Gasteiger partial charge in [-0.25, -0.2) is 0 Å². The molecule has 0 aromatic heterocycles. The highest BCUT2D eigenvalue weighted by molar-refractivity contribution is 5.78. The molecule has 1 aliphatic carbocycles. The van der Waals surface area contributed by atoms with Crippen LogP contribution in [-0.4, -0.2) is 26.1 Å². The van der Waals surface area contributed by atoms with Gasteiger partial charge in [0.15, 0.2) is 0 Å². The fraction of sp³-hybridized carbons (Fsp3) is 0.588. The molecule has 1 aromatic carbocycles. The van der Waals surface area contributed by atoms with E-state index in [9.17, 15) is 4.79 Å². The highest BCUT2D eigenvalue weighted by Crippen LogP contribution is 2.28. The second kappa shape index (κ2) is 8.03. The van der Waals surface area contributed by atoms with E-state index in [4.69, 9.17) is 10.5 Å². The Bertz CT molecular complexity index is 454. The molecule has 4 nitrogen and oxygen atoms in total. The van der Waals surface area contributed by atoms with Gasteiger partial charge in [-0.2, -0.15) is 0 Å². The smallest absolute Gasteiger partial charge is 0.223 e. The molecule has 0 heterocycles. The Hall–Kier alpha value is -1.55. The number of hydrogen-bond donors (Lipinski definition) is 2. The molecule has 0 unspecified atom stereocenters. The van der Waals surface area contributed by atoms with Crippen LogP contribution in [0.2, 0.25) is 0 Å². The van der Waals surface area contributed by atoms with Gasteiger partial charge in [0.1, 0.15) is 5.75 Å². The van der Waals surface area contributed by atoms with E-state index in [0.717, 1.165) is 44.4 Å². The molecule has 0 spiro atoms. The minimum Gasteiger partial charge on any atom is -0.497 e. The first kappa shape index (κ1) is 15.8. The summed E-state index contributed by atoms with van der Waals surface area (Å²) in [5.74, 6) is 1.86. The third kappa shape index (κ3) is 4.74. The number of methoxy groups -OCH3 is 1. The normalized spacial score (nSPS) is 21.8. The van der Waals surface area contributed by atoms with Gasteiger partial charge in [-0.05, 0) is 62.3 Å². The Morgan fingerprint density at radius 2 is 2.10 bits per heavy atom. The van der Waals surface area contributed by atoms with Crippen LogP contribution in [0.15, 0.2) is 24.3 Å². The predicted molar refractivity (Wildman–Crippen MR) is 84.2 cm³/mol. The average Bonchev–Trinajstić information content (AvgIpc) is 2.55. The quantitative estimate of drug-likeness (QED) is 0.843. The number of rotatable bonds is 6. The second-order valence-electron chi connectivity index (χ2n) is 5.85. The summed E-state index contributed by atoms with van der Waals surface area (Å²) < 4.78 is 5.20. The van der Waals surface area contributed by atoms with Crippen molar-refractivity contribution in [3.05, 3.63) is 29.8 Å². The van der Waals surface area contributed by atoms with Crippen LogP contribution in [0, 0.1) is 11.8 Å². The minimum absolute atomic E-state index is 0.179. The molecule has 4 heteroatoms. The summed E-state index contributed by atoms with van der Waals surface area (Å²) in [7, 11) is 1.67. The number of carbonyl (C=O) groups is 1. The van der Waals surface area contributed by atoms with E-state index in [1.165, 1.54) is 5.56 Å². The van der Waals surface area contributed by atoms with Gasteiger partial charge >= 0.3 is 0 Å². The van der Waals surface area contributed by atoms with Gasteiger partial charge in [-0.3, -0.25) is 4.79 Å². The van der Waals surface area contributed by atoms with Gasteiger partial charge in [-0.15, -0.1) is 0 Å². The zero-order valence-corrected chi connectivity index (χ0v) is 12.8. The highest BCUT2D eigenvalue weighted by Gasteiger charge is 2.25. The van der Waals surface area contributed by atoms with Crippen LogP contribution in [0.3, 0.4) is 0 Å². The van der Waals surface area contributed by atoms with Crippen LogP contribution < -0.4 is 15.8 Å². The van der Waals surface area contributed by atoms with Crippen LogP contribution in [0.1, 0.15) is 31.2 Å². The van der Waals surface area contributed by atoms with Gasteiger partial charge in [0.2, 0.25) is 5.91 Å². The Balaban J connectivity index is 1.72. The number of ether oxygens (including phenoxy) is 1. The van der Waals surface area contributed by atoms with Gasteiger partial charge in [-0.1, -0.05) is 12.1 Å². The van der Waals surface area contributed by atoms with Crippen molar-refractivity contribution in [1.82, 2.24) is 5.32 Å². The summed E-state index contributed by atoms with van der Waals surface area (Å²) in [6.07, 6.45) is 4.97. The van der Waals surface area contributed by atoms with Crippen molar-refractivity contribution >= 4 is 5.91 Å². The van der Waals surface area contributed by atoms with Crippen molar-refractivity contribution in [3.8, 4) is 5.75 Å². The molecule has 0 radical (unpaired) electrons. The van der Waals surface area contributed by atoms with Crippen molar-refractivity contribution in [2.45, 2.75) is 32.1 Å². The van der Waals surface area contributed by atoms with Crippen molar-refractivity contribution in [2.24, 2.45) is 17.6 Å². The van der Waals surface area contributed by atoms with E-state index < -0.39 is 0 Å². The summed E-state index contributed by atoms with van der Waals surface area (Å²) in [6, 6.07) is 7.97. The fourth-order valence-electron chi connectivity index (χ4n) is 2.96. The molecule has 2 rings (SSSR count). The van der Waals surface area contributed by atoms with Crippen molar-refractivity contribution < 1.29 is 9.53 Å². The Kier molecular flexibility index (Phi) is 6.05. The van der Waals surface area contributed by atoms with Gasteiger partial charge in [0, 0.05) is 12.5 Å². The van der Waals surface area contributed by atoms with E-state index in [1.807, 2.05) is 18.2 Å². The lowest BCUT2D eigenvalue weighted by molar-refractivity contribution is -0.126. The summed E-state index contributed by atoms with van der Waals surface area (Å²) >= 11 is 0. The van der Waals surface area contributed by atoms with E-state index >= 15 is 0 Å². The SMILES string of the molecule is COc1cccc(CCNC(=O)C2CCC(CN)CC2)c1. The lowest BCUT2D eigenvalue weighted by Crippen LogP contribution is -2.35. The molecule has 21 heavy (non-hydrogen) atoms. The molecule has 3 N–H and O–H groups in total. The van der Waals surface area contributed by atoms with Crippen LogP contribution in [0.4, 0.5) is 0 Å². The van der Waals surface area contributed by atoms with Crippen LogP contribution in [0.25, 0.3) is 0 Å². The maximum absolute atomic E-state index is 12.1. The molecule has 1 amide bonds. The molecule has 0 atom stereocenters. The molecule has 0 aliphatic heterocycles. The third-order valence-corrected chi connectivity index (χ3v) is 4.40. The first-order valence-corrected chi connectivity index (χ1v) is 7.83. The summed E-state index contributed by atoms with van der Waals surface area (Å²) in [6.45, 7) is 1.44. The van der Waals surface area contributed by atoms with Gasteiger partial charge < -0.3 is 15.8 Å². The number of nitrogens with two attached hydrogens (primary N) is 1. The molecule has 116 valence electrons. The topological polar surface area (TPSA) is 64.3 Å². The van der Waals surface area contributed by atoms with E-state index in [2.05, 4.69) is 11.4 Å². The lowest BCUT2D eigenvalue weighted by Gasteiger charge is -2.26. The standard InChI is InChI=1S/C17H26N2O2/c1-21-16-4-2-3-13(11-16)9-10-19-17(20)15-7-5-14(12-18)6-8-15/h2-4,11,14-15H,5-10,12,18H2,1H3,(H,19,20). The van der Waals surface area contributed by atoms with Crippen molar-refractivity contribution in [2.75, 3.05) is 20.2 Å². The fourth-order valence-corrected chi connectivity index (χ4v) is 2.96. The Morgan fingerprint density at radius 1 is 1.33 bits per heavy atom.